The molecule has 0 aliphatic heterocycles. The largest absolute Gasteiger partial charge is 0.350 e. The van der Waals surface area contributed by atoms with Crippen molar-refractivity contribution in [3.05, 3.63) is 43.7 Å². The van der Waals surface area contributed by atoms with Gasteiger partial charge in [0.1, 0.15) is 0 Å². The summed E-state index contributed by atoms with van der Waals surface area (Å²) in [5, 5.41) is 5.22. The van der Waals surface area contributed by atoms with Gasteiger partial charge >= 0.3 is 0 Å². The lowest BCUT2D eigenvalue weighted by Gasteiger charge is -2.28. The van der Waals surface area contributed by atoms with Gasteiger partial charge in [0.25, 0.3) is 5.91 Å². The average molecular weight is 326 g/mol. The molecule has 20 heavy (non-hydrogen) atoms. The van der Waals surface area contributed by atoms with Gasteiger partial charge in [0.05, 0.1) is 9.21 Å². The van der Waals surface area contributed by atoms with Gasteiger partial charge in [-0.15, -0.1) is 22.7 Å². The summed E-state index contributed by atoms with van der Waals surface area (Å²) in [6.45, 7) is 0.724. The monoisotopic (exact) mass is 325 g/mol. The van der Waals surface area contributed by atoms with Crippen molar-refractivity contribution < 1.29 is 4.79 Å². The summed E-state index contributed by atoms with van der Waals surface area (Å²) in [5.74, 6) is -0.00951. The van der Waals surface area contributed by atoms with Gasteiger partial charge in [-0.2, -0.15) is 0 Å². The van der Waals surface area contributed by atoms with E-state index in [-0.39, 0.29) is 11.3 Å². The third-order valence-electron chi connectivity index (χ3n) is 3.99. The van der Waals surface area contributed by atoms with Crippen LogP contribution in [-0.2, 0) is 5.41 Å². The molecule has 0 unspecified atom stereocenters. The van der Waals surface area contributed by atoms with E-state index in [1.54, 1.807) is 23.5 Å². The van der Waals surface area contributed by atoms with Crippen molar-refractivity contribution in [3.63, 3.8) is 0 Å². The SMILES string of the molecule is O=C(NCC1(c2cccs2)CCCC1)c1ccc(Cl)s1. The maximum atomic E-state index is 12.2. The molecular weight excluding hydrogens is 310 g/mol. The minimum absolute atomic E-state index is 0.00951. The molecule has 106 valence electrons. The van der Waals surface area contributed by atoms with Gasteiger partial charge in [0, 0.05) is 16.8 Å². The standard InChI is InChI=1S/C15H16ClNOS2/c16-13-6-5-11(20-13)14(18)17-10-15(7-1-2-8-15)12-4-3-9-19-12/h3-6,9H,1-2,7-8,10H2,(H,17,18). The van der Waals surface area contributed by atoms with Gasteiger partial charge in [0.2, 0.25) is 0 Å². The number of amides is 1. The fraction of sp³-hybridized carbons (Fsp3) is 0.400. The molecule has 3 rings (SSSR count). The first-order valence-corrected chi connectivity index (χ1v) is 8.85. The Labute approximate surface area is 131 Å². The molecule has 1 aliphatic carbocycles. The maximum absolute atomic E-state index is 12.2. The normalized spacial score (nSPS) is 17.2. The lowest BCUT2D eigenvalue weighted by molar-refractivity contribution is 0.0947. The van der Waals surface area contributed by atoms with Crippen molar-refractivity contribution >= 4 is 40.2 Å². The number of hydrogen-bond acceptors (Lipinski definition) is 3. The van der Waals surface area contributed by atoms with Gasteiger partial charge < -0.3 is 5.32 Å². The van der Waals surface area contributed by atoms with Gasteiger partial charge in [-0.3, -0.25) is 4.79 Å². The highest BCUT2D eigenvalue weighted by molar-refractivity contribution is 7.18. The lowest BCUT2D eigenvalue weighted by Crippen LogP contribution is -2.38. The van der Waals surface area contributed by atoms with Crippen LogP contribution in [0.4, 0.5) is 0 Å². The Morgan fingerprint density at radius 2 is 2.10 bits per heavy atom. The van der Waals surface area contributed by atoms with E-state index in [2.05, 4.69) is 22.8 Å². The summed E-state index contributed by atoms with van der Waals surface area (Å²) >= 11 is 9.01. The molecule has 0 saturated heterocycles. The number of carbonyl (C=O) groups excluding carboxylic acids is 1. The third-order valence-corrected chi connectivity index (χ3v) is 6.34. The molecule has 0 aromatic carbocycles. The van der Waals surface area contributed by atoms with E-state index in [1.807, 2.05) is 0 Å². The van der Waals surface area contributed by atoms with Gasteiger partial charge in [-0.1, -0.05) is 30.5 Å². The third kappa shape index (κ3) is 2.78. The maximum Gasteiger partial charge on any atom is 0.261 e. The summed E-state index contributed by atoms with van der Waals surface area (Å²) in [5.41, 5.74) is 0.144. The molecule has 1 amide bonds. The zero-order valence-electron chi connectivity index (χ0n) is 11.0. The number of halogens is 1. The number of carbonyl (C=O) groups is 1. The van der Waals surface area contributed by atoms with Crippen molar-refractivity contribution in [1.29, 1.82) is 0 Å². The molecule has 0 radical (unpaired) electrons. The Morgan fingerprint density at radius 3 is 2.70 bits per heavy atom. The molecule has 0 spiro atoms. The van der Waals surface area contributed by atoms with Crippen LogP contribution in [-0.4, -0.2) is 12.5 Å². The molecule has 2 aromatic heterocycles. The molecule has 1 N–H and O–H groups in total. The molecule has 0 atom stereocenters. The first-order valence-electron chi connectivity index (χ1n) is 6.77. The zero-order valence-corrected chi connectivity index (χ0v) is 13.4. The van der Waals surface area contributed by atoms with Crippen LogP contribution < -0.4 is 5.32 Å². The fourth-order valence-electron chi connectivity index (χ4n) is 2.92. The van der Waals surface area contributed by atoms with E-state index in [4.69, 9.17) is 11.6 Å². The topological polar surface area (TPSA) is 29.1 Å². The van der Waals surface area contributed by atoms with Crippen LogP contribution in [0.1, 0.15) is 40.2 Å². The molecule has 0 bridgehead atoms. The summed E-state index contributed by atoms with van der Waals surface area (Å²) in [6, 6.07) is 7.85. The second-order valence-corrected chi connectivity index (χ2v) is 7.91. The number of rotatable bonds is 4. The van der Waals surface area contributed by atoms with Crippen molar-refractivity contribution in [3.8, 4) is 0 Å². The molecule has 2 aromatic rings. The highest BCUT2D eigenvalue weighted by atomic mass is 35.5. The smallest absolute Gasteiger partial charge is 0.261 e. The average Bonchev–Trinajstić information content (AvgIpc) is 3.17. The Bertz CT molecular complexity index is 585. The molecule has 2 nitrogen and oxygen atoms in total. The van der Waals surface area contributed by atoms with Crippen LogP contribution in [0.5, 0.6) is 0 Å². The van der Waals surface area contributed by atoms with Crippen molar-refractivity contribution in [2.24, 2.45) is 0 Å². The van der Waals surface area contributed by atoms with Crippen LogP contribution in [0, 0.1) is 0 Å². The highest BCUT2D eigenvalue weighted by Gasteiger charge is 2.36. The van der Waals surface area contributed by atoms with Gasteiger partial charge in [0.15, 0.2) is 0 Å². The molecule has 1 fully saturated rings. The Morgan fingerprint density at radius 1 is 1.30 bits per heavy atom. The Kier molecular flexibility index (Phi) is 4.15. The minimum atomic E-state index is -0.00951. The van der Waals surface area contributed by atoms with Crippen LogP contribution in [0.3, 0.4) is 0 Å². The second-order valence-electron chi connectivity index (χ2n) is 5.25. The zero-order chi connectivity index (χ0) is 14.0. The van der Waals surface area contributed by atoms with Crippen LogP contribution in [0.2, 0.25) is 4.34 Å². The molecule has 2 heterocycles. The van der Waals surface area contributed by atoms with E-state index in [0.29, 0.717) is 9.21 Å². The van der Waals surface area contributed by atoms with Gasteiger partial charge in [-0.25, -0.2) is 0 Å². The first-order chi connectivity index (χ1) is 9.70. The first kappa shape index (κ1) is 14.1. The number of hydrogen-bond donors (Lipinski definition) is 1. The molecule has 1 saturated carbocycles. The van der Waals surface area contributed by atoms with Crippen molar-refractivity contribution in [1.82, 2.24) is 5.32 Å². The highest BCUT2D eigenvalue weighted by Crippen LogP contribution is 2.42. The second kappa shape index (κ2) is 5.88. The molecular formula is C15H16ClNOS2. The predicted octanol–water partition coefficient (Wildman–Crippen LogP) is 4.70. The Balaban J connectivity index is 1.71. The predicted molar refractivity (Wildman–Crippen MR) is 86.1 cm³/mol. The minimum Gasteiger partial charge on any atom is -0.350 e. The van der Waals surface area contributed by atoms with E-state index in [9.17, 15) is 4.79 Å². The number of nitrogens with one attached hydrogen (secondary N) is 1. The van der Waals surface area contributed by atoms with Crippen molar-refractivity contribution in [2.75, 3.05) is 6.54 Å². The van der Waals surface area contributed by atoms with E-state index in [1.165, 1.54) is 41.9 Å². The van der Waals surface area contributed by atoms with E-state index in [0.717, 1.165) is 6.54 Å². The van der Waals surface area contributed by atoms with Crippen LogP contribution >= 0.6 is 34.3 Å². The molecule has 1 aliphatic rings. The Hall–Kier alpha value is -0.840. The lowest BCUT2D eigenvalue weighted by atomic mass is 9.84. The molecule has 5 heteroatoms. The van der Waals surface area contributed by atoms with Crippen LogP contribution in [0.15, 0.2) is 29.6 Å². The quantitative estimate of drug-likeness (QED) is 0.867. The summed E-state index contributed by atoms with van der Waals surface area (Å²) in [4.78, 5) is 14.3. The summed E-state index contributed by atoms with van der Waals surface area (Å²) in [7, 11) is 0. The summed E-state index contributed by atoms with van der Waals surface area (Å²) in [6.07, 6.45) is 4.83. The fourth-order valence-corrected chi connectivity index (χ4v) is 4.86. The van der Waals surface area contributed by atoms with Gasteiger partial charge in [-0.05, 0) is 36.4 Å². The van der Waals surface area contributed by atoms with E-state index >= 15 is 0 Å². The summed E-state index contributed by atoms with van der Waals surface area (Å²) < 4.78 is 0.656. The van der Waals surface area contributed by atoms with Crippen molar-refractivity contribution in [2.45, 2.75) is 31.1 Å². The number of thiophene rings is 2. The van der Waals surface area contributed by atoms with Crippen LogP contribution in [0.25, 0.3) is 0 Å². The van der Waals surface area contributed by atoms with E-state index < -0.39 is 0 Å².